The Balaban J connectivity index is 2.21. The average Bonchev–Trinajstić information content (AvgIpc) is 2.30. The number of benzene rings is 1. The Labute approximate surface area is 100 Å². The van der Waals surface area contributed by atoms with Gasteiger partial charge in [-0.25, -0.2) is 8.42 Å². The molecule has 6 heteroatoms. The summed E-state index contributed by atoms with van der Waals surface area (Å²) in [4.78, 5) is 0.173. The average molecular weight is 257 g/mol. The van der Waals surface area contributed by atoms with Gasteiger partial charge in [-0.3, -0.25) is 0 Å². The molecule has 0 radical (unpaired) electrons. The molecule has 1 heterocycles. The van der Waals surface area contributed by atoms with Crippen LogP contribution in [0.2, 0.25) is 0 Å². The highest BCUT2D eigenvalue weighted by molar-refractivity contribution is 7.89. The van der Waals surface area contributed by atoms with Crippen LogP contribution < -0.4 is 0 Å². The Kier molecular flexibility index (Phi) is 3.37. The molecule has 0 unspecified atom stereocenters. The van der Waals surface area contributed by atoms with Crippen molar-refractivity contribution in [3.63, 3.8) is 0 Å². The molecule has 0 bridgehead atoms. The molecule has 94 valence electrons. The maximum atomic E-state index is 12.2. The molecule has 1 aliphatic heterocycles. The van der Waals surface area contributed by atoms with Crippen LogP contribution >= 0.6 is 0 Å². The van der Waals surface area contributed by atoms with E-state index in [0.717, 1.165) is 0 Å². The minimum Gasteiger partial charge on any atom is -0.508 e. The predicted molar refractivity (Wildman–Crippen MR) is 62.1 cm³/mol. The molecule has 0 saturated carbocycles. The summed E-state index contributed by atoms with van der Waals surface area (Å²) in [6, 6.07) is 5.47. The van der Waals surface area contributed by atoms with Gasteiger partial charge in [0.05, 0.1) is 11.0 Å². The second-order valence-corrected chi connectivity index (χ2v) is 6.07. The van der Waals surface area contributed by atoms with E-state index in [1.807, 2.05) is 0 Å². The van der Waals surface area contributed by atoms with E-state index in [4.69, 9.17) is 5.11 Å². The Morgan fingerprint density at radius 3 is 2.18 bits per heavy atom. The number of hydrogen-bond donors (Lipinski definition) is 2. The van der Waals surface area contributed by atoms with Crippen molar-refractivity contribution in [1.82, 2.24) is 4.31 Å². The number of aliphatic hydroxyl groups is 1. The standard InChI is InChI=1S/C11H15NO4S/c13-9-1-3-11(4-2-9)17(15,16)12-7-5-10(14)6-8-12/h1-4,10,13-14H,5-8H2. The van der Waals surface area contributed by atoms with Gasteiger partial charge in [0.25, 0.3) is 0 Å². The Bertz CT molecular complexity index is 475. The van der Waals surface area contributed by atoms with Crippen molar-refractivity contribution in [2.45, 2.75) is 23.8 Å². The van der Waals surface area contributed by atoms with E-state index in [1.165, 1.54) is 28.6 Å². The molecule has 1 saturated heterocycles. The molecule has 5 nitrogen and oxygen atoms in total. The maximum Gasteiger partial charge on any atom is 0.243 e. The number of hydrogen-bond acceptors (Lipinski definition) is 4. The third-order valence-electron chi connectivity index (χ3n) is 2.90. The number of phenolic OH excluding ortho intramolecular Hbond substituents is 1. The zero-order valence-corrected chi connectivity index (χ0v) is 10.1. The fraction of sp³-hybridized carbons (Fsp3) is 0.455. The molecule has 1 aromatic rings. The fourth-order valence-electron chi connectivity index (χ4n) is 1.85. The second kappa shape index (κ2) is 4.64. The number of piperidine rings is 1. The van der Waals surface area contributed by atoms with Gasteiger partial charge < -0.3 is 10.2 Å². The van der Waals surface area contributed by atoms with Crippen LogP contribution in [0.25, 0.3) is 0 Å². The lowest BCUT2D eigenvalue weighted by atomic mass is 10.1. The van der Waals surface area contributed by atoms with Crippen LogP contribution in [0, 0.1) is 0 Å². The van der Waals surface area contributed by atoms with E-state index < -0.39 is 16.1 Å². The molecule has 17 heavy (non-hydrogen) atoms. The van der Waals surface area contributed by atoms with Crippen molar-refractivity contribution >= 4 is 10.0 Å². The van der Waals surface area contributed by atoms with Crippen molar-refractivity contribution in [1.29, 1.82) is 0 Å². The van der Waals surface area contributed by atoms with Gasteiger partial charge in [0.15, 0.2) is 0 Å². The Morgan fingerprint density at radius 2 is 1.65 bits per heavy atom. The van der Waals surface area contributed by atoms with Gasteiger partial charge in [0.2, 0.25) is 10.0 Å². The fourth-order valence-corrected chi connectivity index (χ4v) is 3.32. The van der Waals surface area contributed by atoms with E-state index in [0.29, 0.717) is 25.9 Å². The number of nitrogens with zero attached hydrogens (tertiary/aromatic N) is 1. The summed E-state index contributed by atoms with van der Waals surface area (Å²) >= 11 is 0. The monoisotopic (exact) mass is 257 g/mol. The van der Waals surface area contributed by atoms with Crippen LogP contribution in [-0.4, -0.2) is 42.1 Å². The van der Waals surface area contributed by atoms with Gasteiger partial charge in [-0.15, -0.1) is 0 Å². The zero-order chi connectivity index (χ0) is 12.5. The summed E-state index contributed by atoms with van der Waals surface area (Å²) in [5, 5.41) is 18.5. The largest absolute Gasteiger partial charge is 0.508 e. The van der Waals surface area contributed by atoms with Crippen molar-refractivity contribution in [3.8, 4) is 5.75 Å². The van der Waals surface area contributed by atoms with Gasteiger partial charge in [-0.2, -0.15) is 4.31 Å². The lowest BCUT2D eigenvalue weighted by Gasteiger charge is -2.28. The highest BCUT2D eigenvalue weighted by atomic mass is 32.2. The van der Waals surface area contributed by atoms with Crippen molar-refractivity contribution < 1.29 is 18.6 Å². The van der Waals surface area contributed by atoms with Crippen LogP contribution in [0.15, 0.2) is 29.2 Å². The van der Waals surface area contributed by atoms with Crippen molar-refractivity contribution in [3.05, 3.63) is 24.3 Å². The first-order valence-electron chi connectivity index (χ1n) is 5.47. The summed E-state index contributed by atoms with van der Waals surface area (Å²) in [5.41, 5.74) is 0. The SMILES string of the molecule is O=S(=O)(c1ccc(O)cc1)N1CCC(O)CC1. The van der Waals surface area contributed by atoms with Crippen LogP contribution in [0.1, 0.15) is 12.8 Å². The highest BCUT2D eigenvalue weighted by Crippen LogP contribution is 2.22. The van der Waals surface area contributed by atoms with E-state index in [2.05, 4.69) is 0 Å². The van der Waals surface area contributed by atoms with E-state index in [9.17, 15) is 13.5 Å². The van der Waals surface area contributed by atoms with Crippen LogP contribution in [-0.2, 0) is 10.0 Å². The summed E-state index contributed by atoms with van der Waals surface area (Å²) in [5.74, 6) is 0.0398. The molecule has 1 fully saturated rings. The van der Waals surface area contributed by atoms with Crippen LogP contribution in [0.5, 0.6) is 5.75 Å². The van der Waals surface area contributed by atoms with Gasteiger partial charge >= 0.3 is 0 Å². The molecule has 0 atom stereocenters. The number of sulfonamides is 1. The first-order valence-corrected chi connectivity index (χ1v) is 6.91. The quantitative estimate of drug-likeness (QED) is 0.810. The molecular weight excluding hydrogens is 242 g/mol. The van der Waals surface area contributed by atoms with Crippen molar-refractivity contribution in [2.75, 3.05) is 13.1 Å². The number of phenols is 1. The molecule has 0 amide bonds. The molecule has 0 spiro atoms. The number of aliphatic hydroxyl groups excluding tert-OH is 1. The summed E-state index contributed by atoms with van der Waals surface area (Å²) < 4.78 is 25.7. The topological polar surface area (TPSA) is 77.8 Å². The third-order valence-corrected chi connectivity index (χ3v) is 4.81. The molecule has 0 aliphatic carbocycles. The molecular formula is C11H15NO4S. The van der Waals surface area contributed by atoms with E-state index >= 15 is 0 Å². The van der Waals surface area contributed by atoms with E-state index in [-0.39, 0.29) is 10.6 Å². The molecule has 1 aliphatic rings. The normalized spacial score (nSPS) is 19.4. The molecule has 2 rings (SSSR count). The summed E-state index contributed by atoms with van der Waals surface area (Å²) in [6.07, 6.45) is 0.538. The number of aromatic hydroxyl groups is 1. The third kappa shape index (κ3) is 2.59. The second-order valence-electron chi connectivity index (χ2n) is 4.13. The maximum absolute atomic E-state index is 12.2. The Hall–Kier alpha value is -1.11. The first kappa shape index (κ1) is 12.3. The van der Waals surface area contributed by atoms with Gasteiger partial charge in [-0.05, 0) is 37.1 Å². The van der Waals surface area contributed by atoms with E-state index in [1.54, 1.807) is 0 Å². The van der Waals surface area contributed by atoms with Gasteiger partial charge in [-0.1, -0.05) is 0 Å². The Morgan fingerprint density at radius 1 is 1.12 bits per heavy atom. The summed E-state index contributed by atoms with van der Waals surface area (Å²) in [6.45, 7) is 0.675. The van der Waals surface area contributed by atoms with Crippen LogP contribution in [0.4, 0.5) is 0 Å². The molecule has 2 N–H and O–H groups in total. The van der Waals surface area contributed by atoms with Gasteiger partial charge in [0, 0.05) is 13.1 Å². The van der Waals surface area contributed by atoms with Gasteiger partial charge in [0.1, 0.15) is 5.75 Å². The smallest absolute Gasteiger partial charge is 0.243 e. The zero-order valence-electron chi connectivity index (χ0n) is 9.28. The molecule has 0 aromatic heterocycles. The lowest BCUT2D eigenvalue weighted by molar-refractivity contribution is 0.113. The first-order chi connectivity index (χ1) is 8.00. The minimum absolute atomic E-state index is 0.0398. The lowest BCUT2D eigenvalue weighted by Crippen LogP contribution is -2.39. The predicted octanol–water partition coefficient (Wildman–Crippen LogP) is 0.538. The summed E-state index contributed by atoms with van der Waals surface area (Å²) in [7, 11) is -3.49. The molecule has 1 aromatic carbocycles. The minimum atomic E-state index is -3.49. The number of rotatable bonds is 2. The van der Waals surface area contributed by atoms with Crippen molar-refractivity contribution in [2.24, 2.45) is 0 Å². The van der Waals surface area contributed by atoms with Crippen LogP contribution in [0.3, 0.4) is 0 Å². The highest BCUT2D eigenvalue weighted by Gasteiger charge is 2.28.